The molecule has 1 aromatic carbocycles. The second-order valence-electron chi connectivity index (χ2n) is 4.03. The highest BCUT2D eigenvalue weighted by Crippen LogP contribution is 2.27. The van der Waals surface area contributed by atoms with Gasteiger partial charge in [-0.2, -0.15) is 0 Å². The number of halogens is 2. The number of aromatic nitrogens is 1. The maximum absolute atomic E-state index is 4.39. The third-order valence-corrected chi connectivity index (χ3v) is 4.21. The van der Waals surface area contributed by atoms with E-state index in [1.165, 1.54) is 9.13 Å². The Morgan fingerprint density at radius 1 is 1.33 bits per heavy atom. The van der Waals surface area contributed by atoms with Crippen LogP contribution in [0.1, 0.15) is 17.3 Å². The maximum Gasteiger partial charge on any atom is 0.0422 e. The van der Waals surface area contributed by atoms with Crippen molar-refractivity contribution in [1.29, 1.82) is 0 Å². The minimum absolute atomic E-state index is 0.268. The lowest BCUT2D eigenvalue weighted by molar-refractivity contribution is 0.582. The highest BCUT2D eigenvalue weighted by Gasteiger charge is 2.14. The van der Waals surface area contributed by atoms with Crippen molar-refractivity contribution >= 4 is 38.5 Å². The van der Waals surface area contributed by atoms with Crippen molar-refractivity contribution in [3.63, 3.8) is 0 Å². The zero-order chi connectivity index (χ0) is 13.0. The van der Waals surface area contributed by atoms with Crippen molar-refractivity contribution < 1.29 is 0 Å². The molecular formula is C14H14BrIN2. The Hall–Kier alpha value is -0.460. The minimum Gasteiger partial charge on any atom is -0.313 e. The molecule has 0 aliphatic heterocycles. The van der Waals surface area contributed by atoms with Crippen LogP contribution in [0, 0.1) is 3.57 Å². The van der Waals surface area contributed by atoms with Crippen LogP contribution in [0.4, 0.5) is 0 Å². The van der Waals surface area contributed by atoms with Crippen LogP contribution < -0.4 is 5.32 Å². The number of pyridine rings is 1. The van der Waals surface area contributed by atoms with Crippen molar-refractivity contribution in [2.75, 3.05) is 7.05 Å². The molecule has 94 valence electrons. The molecule has 2 aromatic rings. The molecule has 0 spiro atoms. The first-order chi connectivity index (χ1) is 8.70. The molecule has 0 amide bonds. The molecule has 0 fully saturated rings. The number of hydrogen-bond donors (Lipinski definition) is 1. The highest BCUT2D eigenvalue weighted by atomic mass is 127. The fraction of sp³-hybridized carbons (Fsp3) is 0.214. The van der Waals surface area contributed by atoms with Gasteiger partial charge >= 0.3 is 0 Å². The van der Waals surface area contributed by atoms with Gasteiger partial charge in [0.25, 0.3) is 0 Å². The molecule has 2 nitrogen and oxygen atoms in total. The average molecular weight is 417 g/mol. The normalized spacial score (nSPS) is 12.4. The summed E-state index contributed by atoms with van der Waals surface area (Å²) in [5.74, 6) is 0. The van der Waals surface area contributed by atoms with E-state index in [9.17, 15) is 0 Å². The van der Waals surface area contributed by atoms with Gasteiger partial charge in [-0.1, -0.05) is 22.0 Å². The Kier molecular flexibility index (Phi) is 5.14. The quantitative estimate of drug-likeness (QED) is 0.763. The fourth-order valence-corrected chi connectivity index (χ4v) is 2.92. The summed E-state index contributed by atoms with van der Waals surface area (Å²) in [5, 5.41) is 3.36. The van der Waals surface area contributed by atoms with Crippen molar-refractivity contribution in [2.24, 2.45) is 0 Å². The van der Waals surface area contributed by atoms with Gasteiger partial charge in [-0.3, -0.25) is 4.98 Å². The topological polar surface area (TPSA) is 24.9 Å². The minimum atomic E-state index is 0.268. The van der Waals surface area contributed by atoms with Gasteiger partial charge in [0.15, 0.2) is 0 Å². The van der Waals surface area contributed by atoms with Gasteiger partial charge < -0.3 is 5.32 Å². The Balaban J connectivity index is 2.26. The Morgan fingerprint density at radius 3 is 2.83 bits per heavy atom. The monoisotopic (exact) mass is 416 g/mol. The summed E-state index contributed by atoms with van der Waals surface area (Å²) in [6, 6.07) is 12.7. The summed E-state index contributed by atoms with van der Waals surface area (Å²) in [5.41, 5.74) is 2.37. The number of benzene rings is 1. The summed E-state index contributed by atoms with van der Waals surface area (Å²) in [4.78, 5) is 4.39. The molecule has 2 rings (SSSR count). The van der Waals surface area contributed by atoms with Crippen LogP contribution in [-0.4, -0.2) is 12.0 Å². The van der Waals surface area contributed by atoms with Gasteiger partial charge in [0.05, 0.1) is 0 Å². The molecule has 18 heavy (non-hydrogen) atoms. The van der Waals surface area contributed by atoms with E-state index in [0.717, 1.165) is 16.6 Å². The molecule has 4 heteroatoms. The van der Waals surface area contributed by atoms with Gasteiger partial charge in [0.1, 0.15) is 0 Å². The van der Waals surface area contributed by atoms with E-state index in [2.05, 4.69) is 73.1 Å². The lowest BCUT2D eigenvalue weighted by atomic mass is 10.0. The Labute approximate surface area is 129 Å². The molecule has 0 aliphatic carbocycles. The highest BCUT2D eigenvalue weighted by molar-refractivity contribution is 14.1. The second-order valence-corrected chi connectivity index (χ2v) is 6.13. The number of likely N-dealkylation sites (N-methyl/N-ethyl adjacent to an activating group) is 1. The van der Waals surface area contributed by atoms with Gasteiger partial charge in [0, 0.05) is 32.4 Å². The van der Waals surface area contributed by atoms with E-state index in [4.69, 9.17) is 0 Å². The maximum atomic E-state index is 4.39. The SMILES string of the molecule is CNC(Cc1ccccn1)c1cc(I)ccc1Br. The number of rotatable bonds is 4. The van der Waals surface area contributed by atoms with Gasteiger partial charge in [-0.05, 0) is 65.5 Å². The number of nitrogens with one attached hydrogen (secondary N) is 1. The summed E-state index contributed by atoms with van der Waals surface area (Å²) in [6.45, 7) is 0. The van der Waals surface area contributed by atoms with E-state index in [0.29, 0.717) is 0 Å². The molecule has 1 atom stereocenters. The predicted octanol–water partition coefficient (Wildman–Crippen LogP) is 3.95. The number of hydrogen-bond acceptors (Lipinski definition) is 2. The van der Waals surface area contributed by atoms with Crippen LogP contribution in [-0.2, 0) is 6.42 Å². The van der Waals surface area contributed by atoms with E-state index < -0.39 is 0 Å². The molecule has 0 saturated heterocycles. The van der Waals surface area contributed by atoms with E-state index in [1.54, 1.807) is 0 Å². The molecule has 0 aliphatic rings. The first-order valence-electron chi connectivity index (χ1n) is 5.73. The van der Waals surface area contributed by atoms with Crippen molar-refractivity contribution in [3.05, 3.63) is 61.9 Å². The smallest absolute Gasteiger partial charge is 0.0422 e. The van der Waals surface area contributed by atoms with Crippen LogP contribution in [0.5, 0.6) is 0 Å². The van der Waals surface area contributed by atoms with Crippen molar-refractivity contribution in [3.8, 4) is 0 Å². The van der Waals surface area contributed by atoms with Crippen LogP contribution in [0.15, 0.2) is 47.1 Å². The van der Waals surface area contributed by atoms with Crippen molar-refractivity contribution in [2.45, 2.75) is 12.5 Å². The zero-order valence-electron chi connectivity index (χ0n) is 10.0. The van der Waals surface area contributed by atoms with Crippen LogP contribution in [0.2, 0.25) is 0 Å². The fourth-order valence-electron chi connectivity index (χ4n) is 1.88. The molecule has 0 saturated carbocycles. The molecule has 1 N–H and O–H groups in total. The molecule has 0 bridgehead atoms. The van der Waals surface area contributed by atoms with Crippen LogP contribution >= 0.6 is 38.5 Å². The summed E-state index contributed by atoms with van der Waals surface area (Å²) >= 11 is 5.96. The number of nitrogens with zero attached hydrogens (tertiary/aromatic N) is 1. The van der Waals surface area contributed by atoms with E-state index >= 15 is 0 Å². The first kappa shape index (κ1) is 14.0. The Morgan fingerprint density at radius 2 is 2.17 bits per heavy atom. The summed E-state index contributed by atoms with van der Waals surface area (Å²) < 4.78 is 2.38. The third-order valence-electron chi connectivity index (χ3n) is 2.82. The summed E-state index contributed by atoms with van der Waals surface area (Å²) in [7, 11) is 1.99. The van der Waals surface area contributed by atoms with Crippen LogP contribution in [0.25, 0.3) is 0 Å². The van der Waals surface area contributed by atoms with Crippen molar-refractivity contribution in [1.82, 2.24) is 10.3 Å². The summed E-state index contributed by atoms with van der Waals surface area (Å²) in [6.07, 6.45) is 2.72. The third kappa shape index (κ3) is 3.52. The molecule has 1 aromatic heterocycles. The Bertz CT molecular complexity index is 516. The standard InChI is InChI=1S/C14H14BrIN2/c1-17-14(9-11-4-2-3-7-18-11)12-8-10(16)5-6-13(12)15/h2-8,14,17H,9H2,1H3. The molecule has 1 heterocycles. The molecular weight excluding hydrogens is 403 g/mol. The zero-order valence-corrected chi connectivity index (χ0v) is 13.8. The largest absolute Gasteiger partial charge is 0.313 e. The van der Waals surface area contributed by atoms with Crippen LogP contribution in [0.3, 0.4) is 0 Å². The molecule has 1 unspecified atom stereocenters. The van der Waals surface area contributed by atoms with Gasteiger partial charge in [0.2, 0.25) is 0 Å². The van der Waals surface area contributed by atoms with Gasteiger partial charge in [-0.25, -0.2) is 0 Å². The van der Waals surface area contributed by atoms with E-state index in [-0.39, 0.29) is 6.04 Å². The first-order valence-corrected chi connectivity index (χ1v) is 7.60. The predicted molar refractivity (Wildman–Crippen MR) is 86.6 cm³/mol. The second kappa shape index (κ2) is 6.63. The molecule has 0 radical (unpaired) electrons. The lowest BCUT2D eigenvalue weighted by Gasteiger charge is -2.18. The lowest BCUT2D eigenvalue weighted by Crippen LogP contribution is -2.20. The van der Waals surface area contributed by atoms with E-state index in [1.807, 2.05) is 25.4 Å². The average Bonchev–Trinajstić information content (AvgIpc) is 2.40. The van der Waals surface area contributed by atoms with Gasteiger partial charge in [-0.15, -0.1) is 0 Å².